The molecule has 0 aliphatic rings. The van der Waals surface area contributed by atoms with Crippen molar-refractivity contribution in [3.8, 4) is 0 Å². The Hall–Kier alpha value is -1.56. The van der Waals surface area contributed by atoms with Crippen LogP contribution in [0.25, 0.3) is 0 Å². The van der Waals surface area contributed by atoms with Gasteiger partial charge in [0.1, 0.15) is 11.1 Å². The first-order valence-electron chi connectivity index (χ1n) is 4.58. The van der Waals surface area contributed by atoms with Gasteiger partial charge in [0, 0.05) is 6.20 Å². The van der Waals surface area contributed by atoms with Gasteiger partial charge in [-0.15, -0.1) is 0 Å². The number of aromatic nitrogens is 2. The average molecular weight is 247 g/mol. The predicted octanol–water partition coefficient (Wildman–Crippen LogP) is 0.472. The molecule has 1 aromatic heterocycles. The Morgan fingerprint density at radius 2 is 2.06 bits per heavy atom. The van der Waals surface area contributed by atoms with E-state index in [4.69, 9.17) is 16.7 Å². The molecule has 1 unspecified atom stereocenters. The largest absolute Gasteiger partial charge is 0.480 e. The zero-order chi connectivity index (χ0) is 12.5. The number of halogens is 1. The van der Waals surface area contributed by atoms with Gasteiger partial charge >= 0.3 is 11.7 Å². The standard InChI is InChI=1S/C9H11ClN2O4/c1-4(2)6(8(14)15)12-3-5(10)7(13)11-9(12)16/h3-4,6H,1-2H3,(H,14,15)(H,11,13,16). The Balaban J connectivity index is 3.42. The summed E-state index contributed by atoms with van der Waals surface area (Å²) in [5, 5.41) is 8.77. The molecule has 0 aliphatic heterocycles. The summed E-state index contributed by atoms with van der Waals surface area (Å²) >= 11 is 5.54. The Kier molecular flexibility index (Phi) is 3.54. The van der Waals surface area contributed by atoms with Gasteiger partial charge in [-0.25, -0.2) is 9.59 Å². The van der Waals surface area contributed by atoms with E-state index in [2.05, 4.69) is 0 Å². The van der Waals surface area contributed by atoms with E-state index >= 15 is 0 Å². The molecule has 0 bridgehead atoms. The van der Waals surface area contributed by atoms with Gasteiger partial charge in [-0.3, -0.25) is 14.3 Å². The topological polar surface area (TPSA) is 92.2 Å². The molecular formula is C9H11ClN2O4. The van der Waals surface area contributed by atoms with Crippen molar-refractivity contribution in [1.29, 1.82) is 0 Å². The molecule has 0 saturated heterocycles. The second-order valence-corrected chi connectivity index (χ2v) is 4.08. The number of carbonyl (C=O) groups is 1. The second-order valence-electron chi connectivity index (χ2n) is 3.67. The molecule has 1 rings (SSSR count). The van der Waals surface area contributed by atoms with Gasteiger partial charge in [-0.1, -0.05) is 25.4 Å². The molecule has 0 amide bonds. The first-order valence-corrected chi connectivity index (χ1v) is 4.96. The van der Waals surface area contributed by atoms with Gasteiger partial charge in [-0.05, 0) is 5.92 Å². The van der Waals surface area contributed by atoms with E-state index in [0.29, 0.717) is 0 Å². The molecule has 0 saturated carbocycles. The summed E-state index contributed by atoms with van der Waals surface area (Å²) < 4.78 is 0.913. The Labute approximate surface area is 95.5 Å². The molecule has 6 nitrogen and oxygen atoms in total. The van der Waals surface area contributed by atoms with Crippen LogP contribution in [0, 0.1) is 5.92 Å². The van der Waals surface area contributed by atoms with Crippen LogP contribution in [0.3, 0.4) is 0 Å². The highest BCUT2D eigenvalue weighted by Crippen LogP contribution is 2.16. The molecule has 16 heavy (non-hydrogen) atoms. The lowest BCUT2D eigenvalue weighted by molar-refractivity contribution is -0.142. The normalized spacial score (nSPS) is 12.8. The van der Waals surface area contributed by atoms with Crippen LogP contribution in [0.1, 0.15) is 19.9 Å². The third-order valence-corrected chi connectivity index (χ3v) is 2.38. The molecule has 1 aromatic rings. The van der Waals surface area contributed by atoms with E-state index in [1.165, 1.54) is 0 Å². The van der Waals surface area contributed by atoms with Crippen LogP contribution < -0.4 is 11.2 Å². The van der Waals surface area contributed by atoms with Gasteiger partial charge in [0.05, 0.1) is 0 Å². The summed E-state index contributed by atoms with van der Waals surface area (Å²) in [6, 6.07) is -1.05. The first kappa shape index (κ1) is 12.5. The Bertz CT molecular complexity index is 517. The van der Waals surface area contributed by atoms with Crippen LogP contribution in [0.5, 0.6) is 0 Å². The first-order chi connectivity index (χ1) is 7.34. The number of hydrogen-bond donors (Lipinski definition) is 2. The highest BCUT2D eigenvalue weighted by Gasteiger charge is 2.25. The number of rotatable bonds is 3. The van der Waals surface area contributed by atoms with Crippen molar-refractivity contribution in [2.24, 2.45) is 5.92 Å². The van der Waals surface area contributed by atoms with Gasteiger partial charge in [0.25, 0.3) is 5.56 Å². The van der Waals surface area contributed by atoms with Crippen molar-refractivity contribution in [1.82, 2.24) is 9.55 Å². The number of aromatic amines is 1. The van der Waals surface area contributed by atoms with Crippen molar-refractivity contribution < 1.29 is 9.90 Å². The van der Waals surface area contributed by atoms with Crippen molar-refractivity contribution >= 4 is 17.6 Å². The van der Waals surface area contributed by atoms with Gasteiger partial charge in [-0.2, -0.15) is 0 Å². The highest BCUT2D eigenvalue weighted by molar-refractivity contribution is 6.30. The minimum atomic E-state index is -1.15. The highest BCUT2D eigenvalue weighted by atomic mass is 35.5. The van der Waals surface area contributed by atoms with Crippen LogP contribution in [-0.4, -0.2) is 20.6 Å². The van der Waals surface area contributed by atoms with Crippen LogP contribution in [0.15, 0.2) is 15.8 Å². The summed E-state index contributed by atoms with van der Waals surface area (Å²) in [6.45, 7) is 3.31. The SMILES string of the molecule is CC(C)C(C(=O)O)n1cc(Cl)c(=O)[nH]c1=O. The lowest BCUT2D eigenvalue weighted by Crippen LogP contribution is -2.37. The van der Waals surface area contributed by atoms with Crippen molar-refractivity contribution in [2.45, 2.75) is 19.9 Å². The van der Waals surface area contributed by atoms with Crippen LogP contribution in [0.4, 0.5) is 0 Å². The zero-order valence-corrected chi connectivity index (χ0v) is 9.49. The average Bonchev–Trinajstić information content (AvgIpc) is 2.12. The summed E-state index contributed by atoms with van der Waals surface area (Å²) in [5.74, 6) is -1.46. The number of carboxylic acid groups (broad SMARTS) is 1. The van der Waals surface area contributed by atoms with E-state index < -0.39 is 23.3 Å². The van der Waals surface area contributed by atoms with Gasteiger partial charge in [0.15, 0.2) is 0 Å². The van der Waals surface area contributed by atoms with Crippen LogP contribution in [-0.2, 0) is 4.79 Å². The molecule has 0 radical (unpaired) electrons. The molecule has 7 heteroatoms. The molecule has 0 aromatic carbocycles. The molecule has 0 aliphatic carbocycles. The third kappa shape index (κ3) is 2.33. The zero-order valence-electron chi connectivity index (χ0n) is 8.73. The minimum Gasteiger partial charge on any atom is -0.480 e. The molecule has 0 fully saturated rings. The quantitative estimate of drug-likeness (QED) is 0.811. The van der Waals surface area contributed by atoms with Crippen molar-refractivity contribution in [3.05, 3.63) is 32.1 Å². The maximum Gasteiger partial charge on any atom is 0.329 e. The van der Waals surface area contributed by atoms with Crippen LogP contribution in [0.2, 0.25) is 5.02 Å². The van der Waals surface area contributed by atoms with E-state index in [1.807, 2.05) is 4.98 Å². The number of nitrogens with zero attached hydrogens (tertiary/aromatic N) is 1. The number of aliphatic carboxylic acids is 1. The second kappa shape index (κ2) is 4.52. The van der Waals surface area contributed by atoms with Gasteiger partial charge in [0.2, 0.25) is 0 Å². The molecule has 88 valence electrons. The van der Waals surface area contributed by atoms with E-state index in [9.17, 15) is 14.4 Å². The fourth-order valence-corrected chi connectivity index (χ4v) is 1.55. The molecule has 0 spiro atoms. The van der Waals surface area contributed by atoms with E-state index in [0.717, 1.165) is 10.8 Å². The molecular weight excluding hydrogens is 236 g/mol. The smallest absolute Gasteiger partial charge is 0.329 e. The van der Waals surface area contributed by atoms with E-state index in [1.54, 1.807) is 13.8 Å². The maximum absolute atomic E-state index is 11.4. The number of nitrogens with one attached hydrogen (secondary N) is 1. The monoisotopic (exact) mass is 246 g/mol. The summed E-state index contributed by atoms with van der Waals surface area (Å²) in [7, 11) is 0. The summed E-state index contributed by atoms with van der Waals surface area (Å²) in [6.07, 6.45) is 1.04. The third-order valence-electron chi connectivity index (χ3n) is 2.11. The Morgan fingerprint density at radius 1 is 1.50 bits per heavy atom. The lowest BCUT2D eigenvalue weighted by Gasteiger charge is -2.18. The minimum absolute atomic E-state index is 0.216. The van der Waals surface area contributed by atoms with Crippen LogP contribution >= 0.6 is 11.6 Å². The summed E-state index contributed by atoms with van der Waals surface area (Å²) in [5.41, 5.74) is -1.51. The molecule has 1 heterocycles. The predicted molar refractivity (Wildman–Crippen MR) is 57.8 cm³/mol. The van der Waals surface area contributed by atoms with Crippen molar-refractivity contribution in [3.63, 3.8) is 0 Å². The maximum atomic E-state index is 11.4. The fraction of sp³-hybridized carbons (Fsp3) is 0.444. The summed E-state index contributed by atoms with van der Waals surface area (Å²) in [4.78, 5) is 35.4. The number of hydrogen-bond acceptors (Lipinski definition) is 3. The van der Waals surface area contributed by atoms with Crippen molar-refractivity contribution in [2.75, 3.05) is 0 Å². The molecule has 2 N–H and O–H groups in total. The number of carboxylic acids is 1. The molecule has 1 atom stereocenters. The number of H-pyrrole nitrogens is 1. The fourth-order valence-electron chi connectivity index (χ4n) is 1.39. The van der Waals surface area contributed by atoms with Gasteiger partial charge < -0.3 is 5.11 Å². The van der Waals surface area contributed by atoms with E-state index in [-0.39, 0.29) is 10.9 Å². The Morgan fingerprint density at radius 3 is 2.50 bits per heavy atom. The lowest BCUT2D eigenvalue weighted by atomic mass is 10.0.